The second kappa shape index (κ2) is 11.9. The molecular formula is C20H40O2S2. The molecule has 4 heteroatoms. The lowest BCUT2D eigenvalue weighted by Gasteiger charge is -2.23. The number of allylic oxidation sites excluding steroid dienone is 2. The summed E-state index contributed by atoms with van der Waals surface area (Å²) in [6, 6.07) is 0. The maximum absolute atomic E-state index is 8.90. The molecule has 0 aromatic heterocycles. The van der Waals surface area contributed by atoms with Crippen LogP contribution in [0.3, 0.4) is 0 Å². The third kappa shape index (κ3) is 11.1. The first kappa shape index (κ1) is 24.4. The minimum atomic E-state index is -0.0132. The van der Waals surface area contributed by atoms with Gasteiger partial charge in [0.15, 0.2) is 0 Å². The molecule has 0 radical (unpaired) electrons. The fourth-order valence-electron chi connectivity index (χ4n) is 2.86. The maximum Gasteiger partial charge on any atom is 0.0444 e. The highest BCUT2D eigenvalue weighted by molar-refractivity contribution is 8.01. The van der Waals surface area contributed by atoms with Gasteiger partial charge in [0.2, 0.25) is 0 Å². The molecule has 1 aliphatic rings. The number of aliphatic hydroxyl groups excluding tert-OH is 2. The standard InChI is InChI=1S/2C10H20OS/c1-8(2)9-4-5-10(3,12-9)6-7-11;1-9(2)5-4-6-10(3,12)7-8-11/h8-9,11H,4-7H2,1-3H3;5,11-12H,4,6-8H2,1-3H3. The van der Waals surface area contributed by atoms with E-state index < -0.39 is 0 Å². The molecule has 2 N–H and O–H groups in total. The molecule has 1 saturated heterocycles. The van der Waals surface area contributed by atoms with Crippen molar-refractivity contribution in [2.75, 3.05) is 13.2 Å². The summed E-state index contributed by atoms with van der Waals surface area (Å²) >= 11 is 6.57. The summed E-state index contributed by atoms with van der Waals surface area (Å²) in [6.07, 6.45) is 8.64. The second-order valence-corrected chi connectivity index (χ2v) is 11.1. The number of rotatable bonds is 8. The largest absolute Gasteiger partial charge is 0.396 e. The van der Waals surface area contributed by atoms with Crippen LogP contribution in [-0.4, -0.2) is 38.2 Å². The number of hydrogen-bond donors (Lipinski definition) is 3. The minimum Gasteiger partial charge on any atom is -0.396 e. The van der Waals surface area contributed by atoms with Crippen LogP contribution in [0, 0.1) is 5.92 Å². The smallest absolute Gasteiger partial charge is 0.0444 e. The van der Waals surface area contributed by atoms with Crippen LogP contribution in [0.15, 0.2) is 11.6 Å². The van der Waals surface area contributed by atoms with Gasteiger partial charge >= 0.3 is 0 Å². The van der Waals surface area contributed by atoms with Crippen molar-refractivity contribution in [2.45, 2.75) is 94.8 Å². The molecule has 0 saturated carbocycles. The van der Waals surface area contributed by atoms with E-state index in [1.165, 1.54) is 18.4 Å². The molecule has 1 fully saturated rings. The number of aliphatic hydroxyl groups is 2. The predicted octanol–water partition coefficient (Wildman–Crippen LogP) is 5.48. The van der Waals surface area contributed by atoms with Crippen LogP contribution < -0.4 is 0 Å². The SMILES string of the molecule is CC(C)=CCCC(C)(S)CCO.CC(C)C1CCC(C)(CCO)S1. The summed E-state index contributed by atoms with van der Waals surface area (Å²) in [6.45, 7) is 13.7. The van der Waals surface area contributed by atoms with E-state index in [0.717, 1.165) is 36.9 Å². The van der Waals surface area contributed by atoms with E-state index in [1.807, 2.05) is 0 Å². The Morgan fingerprint density at radius 2 is 1.92 bits per heavy atom. The van der Waals surface area contributed by atoms with Crippen LogP contribution in [0.1, 0.15) is 80.1 Å². The molecule has 144 valence electrons. The zero-order valence-electron chi connectivity index (χ0n) is 16.6. The quantitative estimate of drug-likeness (QED) is 0.388. The third-order valence-electron chi connectivity index (χ3n) is 4.66. The monoisotopic (exact) mass is 376 g/mol. The zero-order chi connectivity index (χ0) is 18.8. The Labute approximate surface area is 160 Å². The van der Waals surface area contributed by atoms with Gasteiger partial charge < -0.3 is 10.2 Å². The van der Waals surface area contributed by atoms with Gasteiger partial charge in [-0.25, -0.2) is 0 Å². The van der Waals surface area contributed by atoms with E-state index >= 15 is 0 Å². The molecule has 0 aromatic rings. The van der Waals surface area contributed by atoms with E-state index in [-0.39, 0.29) is 11.4 Å². The molecular weight excluding hydrogens is 336 g/mol. The molecule has 0 aliphatic carbocycles. The average Bonchev–Trinajstić information content (AvgIpc) is 2.81. The number of thioether (sulfide) groups is 1. The number of hydrogen-bond acceptors (Lipinski definition) is 4. The maximum atomic E-state index is 8.90. The van der Waals surface area contributed by atoms with Crippen LogP contribution in [-0.2, 0) is 0 Å². The normalized spacial score (nSPS) is 25.8. The van der Waals surface area contributed by atoms with Crippen LogP contribution in [0.2, 0.25) is 0 Å². The third-order valence-corrected chi connectivity index (χ3v) is 7.17. The molecule has 2 nitrogen and oxygen atoms in total. The first-order chi connectivity index (χ1) is 11.0. The molecule has 24 heavy (non-hydrogen) atoms. The predicted molar refractivity (Wildman–Crippen MR) is 113 cm³/mol. The van der Waals surface area contributed by atoms with Crippen molar-refractivity contribution in [3.05, 3.63) is 11.6 Å². The van der Waals surface area contributed by atoms with Crippen molar-refractivity contribution < 1.29 is 10.2 Å². The molecule has 1 aliphatic heterocycles. The summed E-state index contributed by atoms with van der Waals surface area (Å²) in [5, 5.41) is 18.5. The first-order valence-corrected chi connectivity index (χ1v) is 10.6. The van der Waals surface area contributed by atoms with Gasteiger partial charge in [-0.15, -0.1) is 0 Å². The molecule has 1 heterocycles. The van der Waals surface area contributed by atoms with Crippen molar-refractivity contribution >= 4 is 24.4 Å². The summed E-state index contributed by atoms with van der Waals surface area (Å²) < 4.78 is 0.352. The van der Waals surface area contributed by atoms with E-state index in [0.29, 0.717) is 11.4 Å². The Hall–Kier alpha value is 0.360. The highest BCUT2D eigenvalue weighted by Gasteiger charge is 2.36. The minimum absolute atomic E-state index is 0.0132. The fourth-order valence-corrected chi connectivity index (χ4v) is 4.77. The second-order valence-electron chi connectivity index (χ2n) is 8.15. The lowest BCUT2D eigenvalue weighted by Crippen LogP contribution is -2.18. The van der Waals surface area contributed by atoms with Crippen LogP contribution in [0.4, 0.5) is 0 Å². The topological polar surface area (TPSA) is 40.5 Å². The Kier molecular flexibility index (Phi) is 12.1. The fraction of sp³-hybridized carbons (Fsp3) is 0.900. The van der Waals surface area contributed by atoms with Crippen molar-refractivity contribution in [3.8, 4) is 0 Å². The van der Waals surface area contributed by atoms with E-state index in [1.54, 1.807) is 0 Å². The van der Waals surface area contributed by atoms with Crippen molar-refractivity contribution in [3.63, 3.8) is 0 Å². The van der Waals surface area contributed by atoms with Crippen molar-refractivity contribution in [1.29, 1.82) is 0 Å². The number of thiol groups is 1. The van der Waals surface area contributed by atoms with Gasteiger partial charge in [0.1, 0.15) is 0 Å². The summed E-state index contributed by atoms with van der Waals surface area (Å²) in [4.78, 5) is 0. The Balaban J connectivity index is 0.000000441. The summed E-state index contributed by atoms with van der Waals surface area (Å²) in [7, 11) is 0. The Bertz CT molecular complexity index is 363. The highest BCUT2D eigenvalue weighted by atomic mass is 32.2. The van der Waals surface area contributed by atoms with Crippen LogP contribution in [0.25, 0.3) is 0 Å². The van der Waals surface area contributed by atoms with Crippen LogP contribution in [0.5, 0.6) is 0 Å². The molecule has 0 spiro atoms. The summed E-state index contributed by atoms with van der Waals surface area (Å²) in [5.41, 5.74) is 1.35. The van der Waals surface area contributed by atoms with E-state index in [2.05, 4.69) is 72.0 Å². The molecule has 0 amide bonds. The molecule has 3 atom stereocenters. The molecule has 1 rings (SSSR count). The Morgan fingerprint density at radius 3 is 2.33 bits per heavy atom. The van der Waals surface area contributed by atoms with E-state index in [9.17, 15) is 0 Å². The van der Waals surface area contributed by atoms with Gasteiger partial charge in [-0.1, -0.05) is 39.3 Å². The van der Waals surface area contributed by atoms with Gasteiger partial charge in [-0.05, 0) is 58.3 Å². The van der Waals surface area contributed by atoms with Gasteiger partial charge in [-0.3, -0.25) is 0 Å². The van der Waals surface area contributed by atoms with Gasteiger partial charge in [0.25, 0.3) is 0 Å². The van der Waals surface area contributed by atoms with Gasteiger partial charge in [-0.2, -0.15) is 24.4 Å². The Morgan fingerprint density at radius 1 is 1.29 bits per heavy atom. The molecule has 0 aromatic carbocycles. The first-order valence-electron chi connectivity index (χ1n) is 9.30. The van der Waals surface area contributed by atoms with Crippen molar-refractivity contribution in [1.82, 2.24) is 0 Å². The molecule has 3 unspecified atom stereocenters. The highest BCUT2D eigenvalue weighted by Crippen LogP contribution is 2.47. The summed E-state index contributed by atoms with van der Waals surface area (Å²) in [5.74, 6) is 0.788. The molecule has 0 bridgehead atoms. The lowest BCUT2D eigenvalue weighted by molar-refractivity contribution is 0.269. The zero-order valence-corrected chi connectivity index (χ0v) is 18.3. The van der Waals surface area contributed by atoms with Crippen molar-refractivity contribution in [2.24, 2.45) is 5.92 Å². The lowest BCUT2D eigenvalue weighted by atomic mass is 9.98. The van der Waals surface area contributed by atoms with Crippen LogP contribution >= 0.6 is 24.4 Å². The van der Waals surface area contributed by atoms with E-state index in [4.69, 9.17) is 10.2 Å². The van der Waals surface area contributed by atoms with Gasteiger partial charge in [0, 0.05) is 28.0 Å². The van der Waals surface area contributed by atoms with Gasteiger partial charge in [0.05, 0.1) is 0 Å². The average molecular weight is 377 g/mol.